The van der Waals surface area contributed by atoms with Crippen molar-refractivity contribution < 1.29 is 19.4 Å². The van der Waals surface area contributed by atoms with Crippen LogP contribution >= 0.6 is 0 Å². The van der Waals surface area contributed by atoms with E-state index in [2.05, 4.69) is 17.0 Å². The van der Waals surface area contributed by atoms with Crippen LogP contribution in [0.4, 0.5) is 0 Å². The Morgan fingerprint density at radius 1 is 0.929 bits per heavy atom. The minimum absolute atomic E-state index is 0.194. The molecule has 28 heavy (non-hydrogen) atoms. The summed E-state index contributed by atoms with van der Waals surface area (Å²) in [5, 5.41) is 11.6. The third-order valence-electron chi connectivity index (χ3n) is 5.98. The van der Waals surface area contributed by atoms with Crippen molar-refractivity contribution >= 4 is 11.9 Å². The molecule has 0 bridgehead atoms. The summed E-state index contributed by atoms with van der Waals surface area (Å²) < 4.78 is 4.53. The van der Waals surface area contributed by atoms with Gasteiger partial charge in [0.25, 0.3) is 0 Å². The number of methoxy groups -OCH3 is 1. The summed E-state index contributed by atoms with van der Waals surface area (Å²) in [6.45, 7) is 1.84. The van der Waals surface area contributed by atoms with Crippen LogP contribution in [0.2, 0.25) is 0 Å². The summed E-state index contributed by atoms with van der Waals surface area (Å²) in [7, 11) is 1.25. The van der Waals surface area contributed by atoms with Crippen molar-refractivity contribution in [2.24, 2.45) is 11.8 Å². The number of nitrogens with one attached hydrogen (secondary N) is 1. The zero-order valence-corrected chi connectivity index (χ0v) is 18.2. The fourth-order valence-electron chi connectivity index (χ4n) is 4.01. The lowest BCUT2D eigenvalue weighted by molar-refractivity contribution is -0.146. The Balaban J connectivity index is 1.88. The number of carbonyl (C=O) groups excluding carboxylic acids is 2. The van der Waals surface area contributed by atoms with Crippen molar-refractivity contribution in [3.05, 3.63) is 0 Å². The summed E-state index contributed by atoms with van der Waals surface area (Å²) in [6.07, 6.45) is 18.7. The second-order valence-corrected chi connectivity index (χ2v) is 8.44. The molecular formula is C23H43NO4. The molecule has 1 rings (SSSR count). The van der Waals surface area contributed by atoms with Crippen molar-refractivity contribution in [2.75, 3.05) is 13.7 Å². The van der Waals surface area contributed by atoms with Crippen molar-refractivity contribution in [3.63, 3.8) is 0 Å². The van der Waals surface area contributed by atoms with E-state index in [-0.39, 0.29) is 5.91 Å². The summed E-state index contributed by atoms with van der Waals surface area (Å²) in [4.78, 5) is 23.1. The van der Waals surface area contributed by atoms with Gasteiger partial charge in [0.1, 0.15) is 0 Å². The van der Waals surface area contributed by atoms with E-state index in [1.54, 1.807) is 0 Å². The normalized spacial score (nSPS) is 19.2. The standard InChI is InChI=1S/C23H43NO4/c1-3-4-5-6-8-11-14-19-17-20(19)15-12-9-7-10-13-16-22(26)24-21(18-25)23(27)28-2/h19-21,25H,3-18H2,1-2H3,(H,24,26)/t19?,20?,21-/m0/s1. The summed E-state index contributed by atoms with van der Waals surface area (Å²) in [5.41, 5.74) is 0. The third-order valence-corrected chi connectivity index (χ3v) is 5.98. The molecule has 0 radical (unpaired) electrons. The van der Waals surface area contributed by atoms with Gasteiger partial charge in [0.2, 0.25) is 5.91 Å². The SMILES string of the molecule is CCCCCCCCC1CC1CCCCCCCC(=O)N[C@@H](CO)C(=O)OC. The van der Waals surface area contributed by atoms with Gasteiger partial charge >= 0.3 is 5.97 Å². The quantitative estimate of drug-likeness (QED) is 0.258. The molecule has 1 amide bonds. The number of hydrogen-bond donors (Lipinski definition) is 2. The molecule has 1 fully saturated rings. The lowest BCUT2D eigenvalue weighted by Crippen LogP contribution is -2.43. The first kappa shape index (κ1) is 24.9. The van der Waals surface area contributed by atoms with Crippen LogP contribution < -0.4 is 5.32 Å². The van der Waals surface area contributed by atoms with Crippen LogP contribution in [0.3, 0.4) is 0 Å². The predicted molar refractivity (Wildman–Crippen MR) is 113 cm³/mol. The molecule has 0 spiro atoms. The number of amides is 1. The molecule has 5 nitrogen and oxygen atoms in total. The van der Waals surface area contributed by atoms with Gasteiger partial charge in [-0.3, -0.25) is 4.79 Å². The molecule has 0 aromatic rings. The van der Waals surface area contributed by atoms with Gasteiger partial charge in [-0.2, -0.15) is 0 Å². The van der Waals surface area contributed by atoms with Crippen molar-refractivity contribution in [2.45, 2.75) is 109 Å². The molecule has 0 saturated heterocycles. The minimum atomic E-state index is -0.944. The zero-order valence-electron chi connectivity index (χ0n) is 18.2. The fourth-order valence-corrected chi connectivity index (χ4v) is 4.01. The number of esters is 1. The first-order chi connectivity index (χ1) is 13.6. The van der Waals surface area contributed by atoms with Gasteiger partial charge in [0, 0.05) is 6.42 Å². The Morgan fingerprint density at radius 2 is 1.46 bits per heavy atom. The Bertz CT molecular complexity index is 427. The van der Waals surface area contributed by atoms with E-state index in [1.807, 2.05) is 0 Å². The van der Waals surface area contributed by atoms with Crippen LogP contribution in [-0.4, -0.2) is 36.7 Å². The molecule has 1 aliphatic carbocycles. The van der Waals surface area contributed by atoms with Crippen molar-refractivity contribution in [1.29, 1.82) is 0 Å². The van der Waals surface area contributed by atoms with Gasteiger partial charge in [-0.15, -0.1) is 0 Å². The lowest BCUT2D eigenvalue weighted by atomic mass is 10.0. The third kappa shape index (κ3) is 11.7. The molecule has 5 heteroatoms. The summed E-state index contributed by atoms with van der Waals surface area (Å²) in [6, 6.07) is -0.944. The fraction of sp³-hybridized carbons (Fsp3) is 0.913. The van der Waals surface area contributed by atoms with E-state index >= 15 is 0 Å². The number of hydrogen-bond acceptors (Lipinski definition) is 4. The average Bonchev–Trinajstić information content (AvgIpc) is 3.45. The van der Waals surface area contributed by atoms with E-state index in [0.29, 0.717) is 6.42 Å². The lowest BCUT2D eigenvalue weighted by Gasteiger charge is -2.13. The second-order valence-electron chi connectivity index (χ2n) is 8.44. The van der Waals surface area contributed by atoms with Gasteiger partial charge in [0.15, 0.2) is 6.04 Å². The molecule has 2 unspecified atom stereocenters. The molecule has 0 aromatic carbocycles. The Labute approximate surface area is 172 Å². The Hall–Kier alpha value is -1.10. The number of rotatable bonds is 18. The van der Waals surface area contributed by atoms with Crippen LogP contribution in [0.1, 0.15) is 103 Å². The number of unbranched alkanes of at least 4 members (excludes halogenated alkanes) is 9. The van der Waals surface area contributed by atoms with Gasteiger partial charge in [-0.1, -0.05) is 84.0 Å². The number of carbonyl (C=O) groups is 2. The average molecular weight is 398 g/mol. The van der Waals surface area contributed by atoms with E-state index in [9.17, 15) is 9.59 Å². The second kappa shape index (κ2) is 15.8. The van der Waals surface area contributed by atoms with Gasteiger partial charge in [-0.05, 0) is 24.7 Å². The highest BCUT2D eigenvalue weighted by molar-refractivity contribution is 5.84. The van der Waals surface area contributed by atoms with Crippen LogP contribution in [0.25, 0.3) is 0 Å². The summed E-state index contributed by atoms with van der Waals surface area (Å²) in [5.74, 6) is 1.21. The molecule has 2 N–H and O–H groups in total. The van der Waals surface area contributed by atoms with Gasteiger partial charge in [-0.25, -0.2) is 4.79 Å². The largest absolute Gasteiger partial charge is 0.467 e. The molecule has 0 aromatic heterocycles. The Morgan fingerprint density at radius 3 is 2.00 bits per heavy atom. The highest BCUT2D eigenvalue weighted by Crippen LogP contribution is 2.45. The molecule has 3 atom stereocenters. The molecule has 164 valence electrons. The molecule has 0 aliphatic heterocycles. The van der Waals surface area contributed by atoms with Gasteiger partial charge in [0.05, 0.1) is 13.7 Å². The van der Waals surface area contributed by atoms with E-state index in [1.165, 1.54) is 84.2 Å². The monoisotopic (exact) mass is 397 g/mol. The van der Waals surface area contributed by atoms with Crippen LogP contribution in [0, 0.1) is 11.8 Å². The first-order valence-corrected chi connectivity index (χ1v) is 11.6. The topological polar surface area (TPSA) is 75.6 Å². The van der Waals surface area contributed by atoms with Crippen LogP contribution in [-0.2, 0) is 14.3 Å². The molecule has 1 aliphatic rings. The smallest absolute Gasteiger partial charge is 0.330 e. The molecular weight excluding hydrogens is 354 g/mol. The number of aliphatic hydroxyl groups excluding tert-OH is 1. The van der Waals surface area contributed by atoms with E-state index < -0.39 is 18.6 Å². The van der Waals surface area contributed by atoms with Crippen LogP contribution in [0.15, 0.2) is 0 Å². The molecule has 1 saturated carbocycles. The minimum Gasteiger partial charge on any atom is -0.467 e. The maximum atomic E-state index is 11.8. The van der Waals surface area contributed by atoms with E-state index in [0.717, 1.165) is 24.7 Å². The number of ether oxygens (including phenoxy) is 1. The van der Waals surface area contributed by atoms with Crippen molar-refractivity contribution in [3.8, 4) is 0 Å². The highest BCUT2D eigenvalue weighted by atomic mass is 16.5. The van der Waals surface area contributed by atoms with E-state index in [4.69, 9.17) is 5.11 Å². The van der Waals surface area contributed by atoms with Crippen LogP contribution in [0.5, 0.6) is 0 Å². The highest BCUT2D eigenvalue weighted by Gasteiger charge is 2.34. The maximum absolute atomic E-state index is 11.8. The Kier molecular flexibility index (Phi) is 14.1. The zero-order chi connectivity index (χ0) is 20.6. The first-order valence-electron chi connectivity index (χ1n) is 11.6. The molecule has 0 heterocycles. The van der Waals surface area contributed by atoms with Gasteiger partial charge < -0.3 is 15.2 Å². The predicted octanol–water partition coefficient (Wildman–Crippen LogP) is 4.75. The summed E-state index contributed by atoms with van der Waals surface area (Å²) >= 11 is 0. The van der Waals surface area contributed by atoms with Crippen molar-refractivity contribution in [1.82, 2.24) is 5.32 Å². The maximum Gasteiger partial charge on any atom is 0.330 e. The number of aliphatic hydroxyl groups is 1.